The first kappa shape index (κ1) is 20.9. The van der Waals surface area contributed by atoms with Crippen molar-refractivity contribution in [1.29, 1.82) is 0 Å². The van der Waals surface area contributed by atoms with Crippen molar-refractivity contribution < 1.29 is 14.0 Å². The zero-order valence-corrected chi connectivity index (χ0v) is 16.1. The lowest BCUT2D eigenvalue weighted by molar-refractivity contribution is 0.0655. The highest BCUT2D eigenvalue weighted by Gasteiger charge is 2.24. The summed E-state index contributed by atoms with van der Waals surface area (Å²) < 4.78 is 13.8. The van der Waals surface area contributed by atoms with Gasteiger partial charge in [-0.3, -0.25) is 9.59 Å². The molecular formula is C20H23ClFN3O2. The molecule has 3 rings (SSSR count). The molecule has 1 atom stereocenters. The van der Waals surface area contributed by atoms with Crippen LogP contribution < -0.4 is 10.6 Å². The largest absolute Gasteiger partial charge is 0.333 e. The number of carbonyl (C=O) groups is 2. The number of rotatable bonds is 3. The van der Waals surface area contributed by atoms with E-state index in [1.165, 1.54) is 18.2 Å². The van der Waals surface area contributed by atoms with Gasteiger partial charge in [0.05, 0.1) is 5.56 Å². The lowest BCUT2D eigenvalue weighted by atomic mass is 10.1. The number of piperazine rings is 1. The molecule has 2 amide bonds. The third kappa shape index (κ3) is 4.64. The van der Waals surface area contributed by atoms with Gasteiger partial charge in [-0.1, -0.05) is 18.2 Å². The molecule has 2 aromatic carbocycles. The van der Waals surface area contributed by atoms with Crippen molar-refractivity contribution in [3.63, 3.8) is 0 Å². The Bertz CT molecular complexity index is 844. The van der Waals surface area contributed by atoms with Crippen LogP contribution in [0.2, 0.25) is 0 Å². The zero-order chi connectivity index (χ0) is 18.7. The molecule has 0 spiro atoms. The number of carbonyl (C=O) groups excluding carboxylic acids is 2. The molecular weight excluding hydrogens is 369 g/mol. The number of hydrogen-bond donors (Lipinski definition) is 2. The van der Waals surface area contributed by atoms with Crippen LogP contribution in [0.1, 0.15) is 33.2 Å². The highest BCUT2D eigenvalue weighted by atomic mass is 35.5. The van der Waals surface area contributed by atoms with Crippen molar-refractivity contribution in [3.05, 3.63) is 65.0 Å². The molecule has 7 heteroatoms. The number of nitrogens with one attached hydrogen (secondary N) is 2. The summed E-state index contributed by atoms with van der Waals surface area (Å²) in [4.78, 5) is 27.0. The Balaban J connectivity index is 0.00000261. The Kier molecular flexibility index (Phi) is 6.93. The molecule has 2 aromatic rings. The fourth-order valence-electron chi connectivity index (χ4n) is 3.03. The van der Waals surface area contributed by atoms with Crippen molar-refractivity contribution >= 4 is 29.9 Å². The maximum absolute atomic E-state index is 13.8. The molecule has 0 aliphatic carbocycles. The van der Waals surface area contributed by atoms with Gasteiger partial charge in [0.1, 0.15) is 5.82 Å². The number of benzene rings is 2. The predicted molar refractivity (Wildman–Crippen MR) is 106 cm³/mol. The van der Waals surface area contributed by atoms with E-state index < -0.39 is 11.7 Å². The zero-order valence-electron chi connectivity index (χ0n) is 15.3. The van der Waals surface area contributed by atoms with Crippen LogP contribution in [-0.4, -0.2) is 42.4 Å². The molecule has 27 heavy (non-hydrogen) atoms. The SMILES string of the molecule is Cc1ccc(C(=O)N2CCNCC2C)cc1NC(=O)c1ccccc1F.Cl. The van der Waals surface area contributed by atoms with Crippen LogP contribution in [0.4, 0.5) is 10.1 Å². The van der Waals surface area contributed by atoms with Gasteiger partial charge in [-0.15, -0.1) is 12.4 Å². The minimum absolute atomic E-state index is 0. The van der Waals surface area contributed by atoms with Gasteiger partial charge in [0.2, 0.25) is 0 Å². The third-order valence-corrected chi connectivity index (χ3v) is 4.61. The van der Waals surface area contributed by atoms with Crippen LogP contribution in [0, 0.1) is 12.7 Å². The summed E-state index contributed by atoms with van der Waals surface area (Å²) in [7, 11) is 0. The van der Waals surface area contributed by atoms with Crippen LogP contribution in [0.25, 0.3) is 0 Å². The summed E-state index contributed by atoms with van der Waals surface area (Å²) in [5.74, 6) is -1.18. The van der Waals surface area contributed by atoms with E-state index in [4.69, 9.17) is 0 Å². The van der Waals surface area contributed by atoms with E-state index in [2.05, 4.69) is 10.6 Å². The van der Waals surface area contributed by atoms with Gasteiger partial charge in [0.25, 0.3) is 11.8 Å². The maximum atomic E-state index is 13.8. The Morgan fingerprint density at radius 2 is 1.96 bits per heavy atom. The average molecular weight is 392 g/mol. The molecule has 144 valence electrons. The second-order valence-corrected chi connectivity index (χ2v) is 6.52. The lowest BCUT2D eigenvalue weighted by Crippen LogP contribution is -2.52. The molecule has 5 nitrogen and oxygen atoms in total. The van der Waals surface area contributed by atoms with E-state index in [-0.39, 0.29) is 29.9 Å². The van der Waals surface area contributed by atoms with E-state index >= 15 is 0 Å². The molecule has 1 aliphatic heterocycles. The summed E-state index contributed by atoms with van der Waals surface area (Å²) in [6, 6.07) is 11.1. The molecule has 0 bridgehead atoms. The van der Waals surface area contributed by atoms with Crippen molar-refractivity contribution in [2.45, 2.75) is 19.9 Å². The third-order valence-electron chi connectivity index (χ3n) is 4.61. The minimum atomic E-state index is -0.579. The quantitative estimate of drug-likeness (QED) is 0.844. The monoisotopic (exact) mass is 391 g/mol. The summed E-state index contributed by atoms with van der Waals surface area (Å²) >= 11 is 0. The standard InChI is InChI=1S/C20H22FN3O2.ClH/c1-13-7-8-15(20(26)24-10-9-22-12-14(24)2)11-18(13)23-19(25)16-5-3-4-6-17(16)21;/h3-8,11,14,22H,9-10,12H2,1-2H3,(H,23,25);1H. The maximum Gasteiger partial charge on any atom is 0.258 e. The van der Waals surface area contributed by atoms with Gasteiger partial charge >= 0.3 is 0 Å². The van der Waals surface area contributed by atoms with Gasteiger partial charge in [-0.25, -0.2) is 4.39 Å². The van der Waals surface area contributed by atoms with Gasteiger partial charge in [0, 0.05) is 36.9 Å². The number of anilines is 1. The first-order chi connectivity index (χ1) is 12.5. The van der Waals surface area contributed by atoms with Crippen molar-refractivity contribution in [3.8, 4) is 0 Å². The van der Waals surface area contributed by atoms with Gasteiger partial charge < -0.3 is 15.5 Å². The molecule has 0 saturated carbocycles. The average Bonchev–Trinajstić information content (AvgIpc) is 2.63. The van der Waals surface area contributed by atoms with E-state index in [0.717, 1.165) is 18.7 Å². The smallest absolute Gasteiger partial charge is 0.258 e. The van der Waals surface area contributed by atoms with Crippen LogP contribution >= 0.6 is 12.4 Å². The van der Waals surface area contributed by atoms with Crippen molar-refractivity contribution in [1.82, 2.24) is 10.2 Å². The van der Waals surface area contributed by atoms with Gasteiger partial charge in [0.15, 0.2) is 0 Å². The molecule has 0 radical (unpaired) electrons. The first-order valence-electron chi connectivity index (χ1n) is 8.65. The van der Waals surface area contributed by atoms with Gasteiger partial charge in [-0.2, -0.15) is 0 Å². The first-order valence-corrected chi connectivity index (χ1v) is 8.65. The molecule has 1 unspecified atom stereocenters. The molecule has 1 fully saturated rings. The summed E-state index contributed by atoms with van der Waals surface area (Å²) in [6.45, 7) is 6.00. The highest BCUT2D eigenvalue weighted by molar-refractivity contribution is 6.05. The van der Waals surface area contributed by atoms with E-state index in [9.17, 15) is 14.0 Å². The number of hydrogen-bond acceptors (Lipinski definition) is 3. The normalized spacial score (nSPS) is 16.4. The highest BCUT2D eigenvalue weighted by Crippen LogP contribution is 2.21. The van der Waals surface area contributed by atoms with E-state index in [1.54, 1.807) is 24.3 Å². The van der Waals surface area contributed by atoms with Gasteiger partial charge in [-0.05, 0) is 43.7 Å². The van der Waals surface area contributed by atoms with Crippen LogP contribution in [0.5, 0.6) is 0 Å². The molecule has 1 heterocycles. The Morgan fingerprint density at radius 3 is 2.67 bits per heavy atom. The Hall–Kier alpha value is -2.44. The molecule has 1 aliphatic rings. The number of halogens is 2. The topological polar surface area (TPSA) is 61.4 Å². The second-order valence-electron chi connectivity index (χ2n) is 6.52. The van der Waals surface area contributed by atoms with Crippen LogP contribution in [0.3, 0.4) is 0 Å². The van der Waals surface area contributed by atoms with Crippen LogP contribution in [0.15, 0.2) is 42.5 Å². The molecule has 2 N–H and O–H groups in total. The van der Waals surface area contributed by atoms with E-state index in [1.807, 2.05) is 18.7 Å². The number of nitrogens with zero attached hydrogens (tertiary/aromatic N) is 1. The predicted octanol–water partition coefficient (Wildman–Crippen LogP) is 3.24. The summed E-state index contributed by atoms with van der Waals surface area (Å²) in [6.07, 6.45) is 0. The minimum Gasteiger partial charge on any atom is -0.333 e. The van der Waals surface area contributed by atoms with Crippen molar-refractivity contribution in [2.24, 2.45) is 0 Å². The van der Waals surface area contributed by atoms with Crippen LogP contribution in [-0.2, 0) is 0 Å². The van der Waals surface area contributed by atoms with E-state index in [0.29, 0.717) is 17.8 Å². The number of aryl methyl sites for hydroxylation is 1. The fourth-order valence-corrected chi connectivity index (χ4v) is 3.03. The summed E-state index contributed by atoms with van der Waals surface area (Å²) in [5.41, 5.74) is 1.79. The lowest BCUT2D eigenvalue weighted by Gasteiger charge is -2.34. The van der Waals surface area contributed by atoms with Crippen molar-refractivity contribution in [2.75, 3.05) is 25.0 Å². The molecule has 0 aromatic heterocycles. The molecule has 1 saturated heterocycles. The fraction of sp³-hybridized carbons (Fsp3) is 0.300. The Morgan fingerprint density at radius 1 is 1.22 bits per heavy atom. The summed E-state index contributed by atoms with van der Waals surface area (Å²) in [5, 5.41) is 5.97. The number of amides is 2. The Labute approximate surface area is 164 Å². The second kappa shape index (κ2) is 8.97.